The second-order valence-corrected chi connectivity index (χ2v) is 8.60. The minimum atomic E-state index is -1.14. The lowest BCUT2D eigenvalue weighted by molar-refractivity contribution is 0.186. The zero-order valence-electron chi connectivity index (χ0n) is 10.5. The van der Waals surface area contributed by atoms with E-state index in [1.807, 2.05) is 0 Å². The van der Waals surface area contributed by atoms with Gasteiger partial charge in [0.05, 0.1) is 21.3 Å². The molecule has 4 nitrogen and oxygen atoms in total. The van der Waals surface area contributed by atoms with Crippen molar-refractivity contribution in [3.63, 3.8) is 0 Å². The highest BCUT2D eigenvalue weighted by molar-refractivity contribution is 6.79. The Morgan fingerprint density at radius 3 is 1.00 bits per heavy atom. The number of hydrogen-bond acceptors (Lipinski definition) is 4. The first-order valence-corrected chi connectivity index (χ1v) is 8.26. The fourth-order valence-electron chi connectivity index (χ4n) is 1.09. The van der Waals surface area contributed by atoms with E-state index in [2.05, 4.69) is 20.8 Å². The Morgan fingerprint density at radius 1 is 0.733 bits per heavy atom. The quantitative estimate of drug-likeness (QED) is 0.531. The molecule has 0 atom stereocenters. The van der Waals surface area contributed by atoms with E-state index in [1.54, 1.807) is 0 Å². The van der Waals surface area contributed by atoms with Gasteiger partial charge in [0.2, 0.25) is 0 Å². The van der Waals surface area contributed by atoms with Crippen LogP contribution in [0.5, 0.6) is 0 Å². The van der Waals surface area contributed by atoms with Gasteiger partial charge in [0.25, 0.3) is 0 Å². The van der Waals surface area contributed by atoms with Gasteiger partial charge < -0.3 is 20.4 Å². The molecule has 4 N–H and O–H groups in total. The average molecular weight is 240 g/mol. The van der Waals surface area contributed by atoms with Crippen molar-refractivity contribution in [2.24, 2.45) is 0 Å². The molecule has 0 aromatic carbocycles. The number of aliphatic hydroxyl groups excluding tert-OH is 4. The Labute approximate surface area is 94.6 Å². The third kappa shape index (κ3) is 12.0. The average Bonchev–Trinajstić information content (AvgIpc) is 2.35. The van der Waals surface area contributed by atoms with Crippen molar-refractivity contribution in [2.75, 3.05) is 26.6 Å². The van der Waals surface area contributed by atoms with Gasteiger partial charge >= 0.3 is 0 Å². The van der Waals surface area contributed by atoms with Crippen LogP contribution in [-0.4, -0.2) is 55.1 Å². The Hall–Kier alpha value is 0.0569. The molecule has 15 heavy (non-hydrogen) atoms. The van der Waals surface area contributed by atoms with Gasteiger partial charge in [-0.1, -0.05) is 38.9 Å². The molecule has 0 spiro atoms. The maximum Gasteiger partial charge on any atom is 0.0825 e. The molecule has 0 aromatic heterocycles. The van der Waals surface area contributed by atoms with Crippen LogP contribution in [0.1, 0.15) is 20.8 Å². The molecule has 0 aromatic rings. The number of aliphatic hydroxyl groups is 4. The van der Waals surface area contributed by atoms with E-state index in [0.717, 1.165) is 7.11 Å². The normalized spacial score (nSPS) is 9.60. The van der Waals surface area contributed by atoms with Gasteiger partial charge in [-0.05, 0) is 0 Å². The van der Waals surface area contributed by atoms with Crippen molar-refractivity contribution in [3.8, 4) is 0 Å². The predicted molar refractivity (Wildman–Crippen MR) is 66.6 cm³/mol. The van der Waals surface area contributed by atoms with Gasteiger partial charge in [-0.25, -0.2) is 0 Å². The van der Waals surface area contributed by atoms with Crippen LogP contribution in [0.25, 0.3) is 0 Å². The zero-order chi connectivity index (χ0) is 12.7. The summed E-state index contributed by atoms with van der Waals surface area (Å²) >= 11 is 0. The fourth-order valence-corrected chi connectivity index (χ4v) is 3.26. The maximum absolute atomic E-state index is 9.04. The monoisotopic (exact) mass is 240 g/mol. The van der Waals surface area contributed by atoms with Crippen molar-refractivity contribution >= 4 is 8.07 Å². The van der Waals surface area contributed by atoms with E-state index >= 15 is 0 Å². The molecule has 96 valence electrons. The Morgan fingerprint density at radius 2 is 1.00 bits per heavy atom. The minimum absolute atomic E-state index is 0.125. The van der Waals surface area contributed by atoms with Gasteiger partial charge in [0, 0.05) is 13.3 Å². The lowest BCUT2D eigenvalue weighted by Gasteiger charge is -2.24. The zero-order valence-corrected chi connectivity index (χ0v) is 11.5. The van der Waals surface area contributed by atoms with Crippen molar-refractivity contribution in [1.29, 1.82) is 0 Å². The second-order valence-electron chi connectivity index (χ2n) is 3.17. The topological polar surface area (TPSA) is 80.9 Å². The van der Waals surface area contributed by atoms with Gasteiger partial charge in [0.15, 0.2) is 0 Å². The number of hydrogen-bond donors (Lipinski definition) is 4. The molecule has 0 saturated carbocycles. The van der Waals surface area contributed by atoms with Crippen LogP contribution in [0.2, 0.25) is 18.1 Å². The molecule has 0 amide bonds. The van der Waals surface area contributed by atoms with Crippen LogP contribution in [0.15, 0.2) is 0 Å². The van der Waals surface area contributed by atoms with Gasteiger partial charge in [0.1, 0.15) is 0 Å². The first kappa shape index (κ1) is 20.5. The number of rotatable bonds is 5. The molecule has 0 aliphatic heterocycles. The second kappa shape index (κ2) is 16.5. The van der Waals surface area contributed by atoms with Crippen LogP contribution in [0.4, 0.5) is 0 Å². The van der Waals surface area contributed by atoms with Crippen LogP contribution < -0.4 is 0 Å². The Kier molecular flexibility index (Phi) is 22.5. The van der Waals surface area contributed by atoms with E-state index in [9.17, 15) is 0 Å². The summed E-state index contributed by atoms with van der Waals surface area (Å²) in [6.45, 7) is 6.36. The minimum Gasteiger partial charge on any atom is -0.400 e. The molecule has 0 rings (SSSR count). The Bertz CT molecular complexity index is 77.9. The lowest BCUT2D eigenvalue weighted by Crippen LogP contribution is -2.36. The van der Waals surface area contributed by atoms with E-state index in [1.165, 1.54) is 18.1 Å². The highest BCUT2D eigenvalue weighted by atomic mass is 28.3. The van der Waals surface area contributed by atoms with Gasteiger partial charge in [-0.2, -0.15) is 0 Å². The van der Waals surface area contributed by atoms with Crippen LogP contribution >= 0.6 is 0 Å². The lowest BCUT2D eigenvalue weighted by atomic mass is 10.8. The molecule has 0 radical (unpaired) electrons. The molecule has 0 unspecified atom stereocenters. The highest BCUT2D eigenvalue weighted by Gasteiger charge is 2.24. The van der Waals surface area contributed by atoms with Crippen LogP contribution in [-0.2, 0) is 0 Å². The summed E-state index contributed by atoms with van der Waals surface area (Å²) in [7, 11) is -0.136. The van der Waals surface area contributed by atoms with Crippen LogP contribution in [0.3, 0.4) is 0 Å². The molecule has 0 bridgehead atoms. The first-order valence-electron chi connectivity index (χ1n) is 5.43. The molecule has 0 aliphatic rings. The van der Waals surface area contributed by atoms with Crippen molar-refractivity contribution in [3.05, 3.63) is 0 Å². The maximum atomic E-state index is 9.04. The molecule has 0 fully saturated rings. The third-order valence-corrected chi connectivity index (χ3v) is 7.86. The molecule has 0 heterocycles. The summed E-state index contributed by atoms with van der Waals surface area (Å²) in [5, 5.41) is 31.3. The van der Waals surface area contributed by atoms with E-state index in [-0.39, 0.29) is 13.2 Å². The molecule has 0 aliphatic carbocycles. The van der Waals surface area contributed by atoms with E-state index in [4.69, 9.17) is 20.4 Å². The summed E-state index contributed by atoms with van der Waals surface area (Å²) in [4.78, 5) is 0. The summed E-state index contributed by atoms with van der Waals surface area (Å²) in [5.41, 5.74) is 0. The van der Waals surface area contributed by atoms with Crippen molar-refractivity contribution in [2.45, 2.75) is 38.9 Å². The van der Waals surface area contributed by atoms with E-state index < -0.39 is 8.07 Å². The molecular weight excluding hydrogens is 212 g/mol. The standard InChI is InChI=1S/C7H18OSi.C2H6O2.CH4O/c1-4-9(5-2,6-3)7-8;3-1-2-4;1-2/h8H,4-7H2,1-3H3;3-4H,1-2H2;2H,1H3. The smallest absolute Gasteiger partial charge is 0.0825 e. The van der Waals surface area contributed by atoms with Gasteiger partial charge in [-0.15, -0.1) is 0 Å². The largest absolute Gasteiger partial charge is 0.400 e. The summed E-state index contributed by atoms with van der Waals surface area (Å²) in [6, 6.07) is 3.70. The predicted octanol–water partition coefficient (Wildman–Crippen LogP) is 0.606. The van der Waals surface area contributed by atoms with E-state index in [0.29, 0.717) is 6.23 Å². The van der Waals surface area contributed by atoms with Gasteiger partial charge in [-0.3, -0.25) is 0 Å². The van der Waals surface area contributed by atoms with Crippen molar-refractivity contribution in [1.82, 2.24) is 0 Å². The summed E-state index contributed by atoms with van der Waals surface area (Å²) in [6.07, 6.45) is 0.483. The summed E-state index contributed by atoms with van der Waals surface area (Å²) < 4.78 is 0. The highest BCUT2D eigenvalue weighted by Crippen LogP contribution is 2.18. The Balaban J connectivity index is -0.000000202. The SMILES string of the molecule is CC[Si](CC)(CC)CO.CO.OCCO. The van der Waals surface area contributed by atoms with Crippen molar-refractivity contribution < 1.29 is 20.4 Å². The molecular formula is C10H28O4Si. The summed E-state index contributed by atoms with van der Waals surface area (Å²) in [5.74, 6) is 0. The molecule has 5 heteroatoms. The third-order valence-electron chi connectivity index (χ3n) is 2.69. The molecule has 0 saturated heterocycles. The first-order chi connectivity index (χ1) is 7.16. The van der Waals surface area contributed by atoms with Crippen LogP contribution in [0, 0.1) is 0 Å². The fraction of sp³-hybridized carbons (Fsp3) is 1.00.